The van der Waals surface area contributed by atoms with E-state index in [-0.39, 0.29) is 18.1 Å². The summed E-state index contributed by atoms with van der Waals surface area (Å²) in [7, 11) is 0. The van der Waals surface area contributed by atoms with Gasteiger partial charge in [0.2, 0.25) is 0 Å². The average molecular weight is 209 g/mol. The molecule has 0 heterocycles. The fraction of sp³-hybridized carbons (Fsp3) is 0.700. The van der Waals surface area contributed by atoms with Crippen LogP contribution in [0.2, 0.25) is 0 Å². The molecular formula is C10H15N3O2. The molecule has 1 aliphatic carbocycles. The van der Waals surface area contributed by atoms with Gasteiger partial charge in [-0.05, 0) is 31.2 Å². The molecule has 1 aliphatic rings. The summed E-state index contributed by atoms with van der Waals surface area (Å²) in [5, 5.41) is 3.64. The van der Waals surface area contributed by atoms with Crippen molar-refractivity contribution in [1.29, 1.82) is 0 Å². The van der Waals surface area contributed by atoms with Gasteiger partial charge >= 0.3 is 5.97 Å². The molecule has 15 heavy (non-hydrogen) atoms. The van der Waals surface area contributed by atoms with Crippen LogP contribution in [0.3, 0.4) is 0 Å². The zero-order valence-electron chi connectivity index (χ0n) is 8.80. The highest BCUT2D eigenvalue weighted by atomic mass is 16.5. The first kappa shape index (κ1) is 11.6. The Morgan fingerprint density at radius 2 is 2.40 bits per heavy atom. The molecule has 0 N–H and O–H groups in total. The standard InChI is InChI=1S/C10H15N3O2/c1-8(14)15-10-7-5-3-2-4-6-9(10)12-13-11/h4,6,9-10H,2-3,5,7H2,1H3/b6-4-/t9-,10-/m0/s1. The van der Waals surface area contributed by atoms with E-state index in [0.29, 0.717) is 0 Å². The van der Waals surface area contributed by atoms with Crippen molar-refractivity contribution in [3.63, 3.8) is 0 Å². The largest absolute Gasteiger partial charge is 0.462 e. The van der Waals surface area contributed by atoms with Crippen molar-refractivity contribution in [1.82, 2.24) is 0 Å². The highest BCUT2D eigenvalue weighted by Crippen LogP contribution is 2.18. The van der Waals surface area contributed by atoms with E-state index in [0.717, 1.165) is 25.7 Å². The fourth-order valence-corrected chi connectivity index (χ4v) is 1.65. The summed E-state index contributed by atoms with van der Waals surface area (Å²) in [5.74, 6) is -0.327. The van der Waals surface area contributed by atoms with Gasteiger partial charge in [-0.25, -0.2) is 0 Å². The predicted octanol–water partition coefficient (Wildman–Crippen LogP) is 2.73. The van der Waals surface area contributed by atoms with Crippen molar-refractivity contribution < 1.29 is 9.53 Å². The van der Waals surface area contributed by atoms with Gasteiger partial charge in [0.15, 0.2) is 0 Å². The maximum atomic E-state index is 10.9. The number of hydrogen-bond acceptors (Lipinski definition) is 3. The Balaban J connectivity index is 2.74. The van der Waals surface area contributed by atoms with Gasteiger partial charge in [0.1, 0.15) is 6.10 Å². The molecule has 5 heteroatoms. The van der Waals surface area contributed by atoms with Crippen LogP contribution in [-0.2, 0) is 9.53 Å². The summed E-state index contributed by atoms with van der Waals surface area (Å²) >= 11 is 0. The van der Waals surface area contributed by atoms with Crippen molar-refractivity contribution in [3.05, 3.63) is 22.6 Å². The van der Waals surface area contributed by atoms with E-state index < -0.39 is 0 Å². The molecule has 0 aliphatic heterocycles. The number of carbonyl (C=O) groups excluding carboxylic acids is 1. The third-order valence-corrected chi connectivity index (χ3v) is 2.33. The van der Waals surface area contributed by atoms with Gasteiger partial charge in [-0.1, -0.05) is 17.3 Å². The molecule has 0 amide bonds. The van der Waals surface area contributed by atoms with Crippen molar-refractivity contribution in [2.45, 2.75) is 44.8 Å². The number of allylic oxidation sites excluding steroid dienone is 1. The van der Waals surface area contributed by atoms with E-state index in [1.807, 2.05) is 12.2 Å². The summed E-state index contributed by atoms with van der Waals surface area (Å²) in [6.07, 6.45) is 7.31. The van der Waals surface area contributed by atoms with Crippen LogP contribution in [-0.4, -0.2) is 18.1 Å². The molecule has 5 nitrogen and oxygen atoms in total. The molecule has 0 radical (unpaired) electrons. The molecule has 0 aromatic heterocycles. The summed E-state index contributed by atoms with van der Waals surface area (Å²) in [5.41, 5.74) is 8.42. The van der Waals surface area contributed by atoms with Gasteiger partial charge in [-0.2, -0.15) is 0 Å². The Hall–Kier alpha value is -1.48. The molecule has 1 rings (SSSR count). The molecule has 0 spiro atoms. The van der Waals surface area contributed by atoms with Gasteiger partial charge in [0.25, 0.3) is 0 Å². The Morgan fingerprint density at radius 1 is 1.60 bits per heavy atom. The molecule has 0 aromatic carbocycles. The van der Waals surface area contributed by atoms with Gasteiger partial charge in [0, 0.05) is 11.8 Å². The topological polar surface area (TPSA) is 75.1 Å². The second kappa shape index (κ2) is 6.09. The molecule has 82 valence electrons. The highest BCUT2D eigenvalue weighted by molar-refractivity contribution is 5.66. The minimum atomic E-state index is -0.362. The fourth-order valence-electron chi connectivity index (χ4n) is 1.65. The van der Waals surface area contributed by atoms with Gasteiger partial charge < -0.3 is 4.74 Å². The Bertz CT molecular complexity index is 295. The van der Waals surface area contributed by atoms with Gasteiger partial charge in [0.05, 0.1) is 6.04 Å². The summed E-state index contributed by atoms with van der Waals surface area (Å²) in [6.45, 7) is 1.37. The minimum Gasteiger partial charge on any atom is -0.462 e. The monoisotopic (exact) mass is 209 g/mol. The summed E-state index contributed by atoms with van der Waals surface area (Å²) < 4.78 is 5.14. The highest BCUT2D eigenvalue weighted by Gasteiger charge is 2.21. The number of azide groups is 1. The minimum absolute atomic E-state index is 0.310. The van der Waals surface area contributed by atoms with Crippen LogP contribution in [0.4, 0.5) is 0 Å². The molecule has 0 unspecified atom stereocenters. The quantitative estimate of drug-likeness (QED) is 0.230. The number of rotatable bonds is 2. The van der Waals surface area contributed by atoms with E-state index in [1.165, 1.54) is 6.92 Å². The summed E-state index contributed by atoms with van der Waals surface area (Å²) in [6, 6.07) is -0.362. The van der Waals surface area contributed by atoms with Crippen molar-refractivity contribution >= 4 is 5.97 Å². The van der Waals surface area contributed by atoms with E-state index in [4.69, 9.17) is 10.3 Å². The van der Waals surface area contributed by atoms with Gasteiger partial charge in [-0.3, -0.25) is 4.79 Å². The number of nitrogens with zero attached hydrogens (tertiary/aromatic N) is 3. The molecule has 0 aromatic rings. The summed E-state index contributed by atoms with van der Waals surface area (Å²) in [4.78, 5) is 13.7. The lowest BCUT2D eigenvalue weighted by Crippen LogP contribution is -2.28. The smallest absolute Gasteiger partial charge is 0.302 e. The maximum absolute atomic E-state index is 10.9. The molecule has 0 fully saturated rings. The molecule has 0 saturated heterocycles. The van der Waals surface area contributed by atoms with Crippen molar-refractivity contribution in [2.75, 3.05) is 0 Å². The third-order valence-electron chi connectivity index (χ3n) is 2.33. The van der Waals surface area contributed by atoms with Crippen LogP contribution < -0.4 is 0 Å². The zero-order valence-corrected chi connectivity index (χ0v) is 8.80. The SMILES string of the molecule is CC(=O)O[C@H]1CCCC/C=C\[C@@H]1N=[N+]=[N-]. The molecular weight excluding hydrogens is 194 g/mol. The van der Waals surface area contributed by atoms with Crippen LogP contribution in [0.5, 0.6) is 0 Å². The first-order valence-electron chi connectivity index (χ1n) is 5.12. The van der Waals surface area contributed by atoms with Crippen LogP contribution in [0.1, 0.15) is 32.6 Å². The van der Waals surface area contributed by atoms with E-state index >= 15 is 0 Å². The van der Waals surface area contributed by atoms with E-state index in [1.54, 1.807) is 0 Å². The van der Waals surface area contributed by atoms with Crippen molar-refractivity contribution in [3.8, 4) is 0 Å². The van der Waals surface area contributed by atoms with Crippen LogP contribution in [0, 0.1) is 0 Å². The lowest BCUT2D eigenvalue weighted by Gasteiger charge is -2.22. The molecule has 0 saturated carbocycles. The Morgan fingerprint density at radius 3 is 3.07 bits per heavy atom. The molecule has 2 atom stereocenters. The zero-order chi connectivity index (χ0) is 11.1. The maximum Gasteiger partial charge on any atom is 0.302 e. The lowest BCUT2D eigenvalue weighted by molar-refractivity contribution is -0.147. The van der Waals surface area contributed by atoms with Crippen LogP contribution in [0.25, 0.3) is 10.4 Å². The first-order chi connectivity index (χ1) is 7.24. The average Bonchev–Trinajstić information content (AvgIpc) is 2.15. The number of ether oxygens (including phenoxy) is 1. The van der Waals surface area contributed by atoms with Gasteiger partial charge in [-0.15, -0.1) is 0 Å². The van der Waals surface area contributed by atoms with Crippen LogP contribution in [0.15, 0.2) is 17.3 Å². The normalized spacial score (nSPS) is 28.1. The van der Waals surface area contributed by atoms with E-state index in [2.05, 4.69) is 10.0 Å². The third kappa shape index (κ3) is 4.04. The number of esters is 1. The van der Waals surface area contributed by atoms with Crippen molar-refractivity contribution in [2.24, 2.45) is 5.11 Å². The number of carbonyl (C=O) groups is 1. The predicted molar refractivity (Wildman–Crippen MR) is 56.1 cm³/mol. The van der Waals surface area contributed by atoms with E-state index in [9.17, 15) is 4.79 Å². The second-order valence-electron chi connectivity index (χ2n) is 3.56. The Kier molecular flexibility index (Phi) is 4.71. The second-order valence-corrected chi connectivity index (χ2v) is 3.56. The lowest BCUT2D eigenvalue weighted by atomic mass is 10.00. The Labute approximate surface area is 88.7 Å². The number of hydrogen-bond donors (Lipinski definition) is 0. The first-order valence-corrected chi connectivity index (χ1v) is 5.12. The van der Waals surface area contributed by atoms with Crippen LogP contribution >= 0.6 is 0 Å². The molecule has 0 bridgehead atoms.